The van der Waals surface area contributed by atoms with Gasteiger partial charge in [0.1, 0.15) is 0 Å². The molecule has 1 atom stereocenters. The second-order valence-electron chi connectivity index (χ2n) is 3.58. The lowest BCUT2D eigenvalue weighted by atomic mass is 10.0. The summed E-state index contributed by atoms with van der Waals surface area (Å²) in [6, 6.07) is 6.10. The molecule has 1 aromatic rings. The maximum atomic E-state index is 8.76. The van der Waals surface area contributed by atoms with E-state index in [1.165, 1.54) is 12.8 Å². The van der Waals surface area contributed by atoms with E-state index in [1.54, 1.807) is 12.3 Å². The average molecular weight is 187 g/mol. The number of pyridine rings is 1. The number of rotatable bonds is 1. The van der Waals surface area contributed by atoms with Crippen molar-refractivity contribution in [2.45, 2.75) is 25.3 Å². The molecule has 0 radical (unpaired) electrons. The molecule has 0 saturated carbocycles. The normalized spacial score (nSPS) is 21.5. The molecular weight excluding hydrogens is 174 g/mol. The Balaban J connectivity index is 2.18. The first-order chi connectivity index (χ1) is 6.90. The Kier molecular flexibility index (Phi) is 2.76. The number of nitriles is 1. The molecule has 2 rings (SSSR count). The Labute approximate surface area is 83.8 Å². The zero-order valence-corrected chi connectivity index (χ0v) is 8.03. The van der Waals surface area contributed by atoms with E-state index in [-0.39, 0.29) is 0 Å². The molecule has 1 aromatic heterocycles. The highest BCUT2D eigenvalue weighted by Gasteiger charge is 2.15. The number of nitrogens with zero attached hydrogens (tertiary/aromatic N) is 2. The van der Waals surface area contributed by atoms with Crippen LogP contribution in [0.2, 0.25) is 0 Å². The van der Waals surface area contributed by atoms with Gasteiger partial charge in [-0.15, -0.1) is 0 Å². The van der Waals surface area contributed by atoms with Gasteiger partial charge in [0.2, 0.25) is 0 Å². The van der Waals surface area contributed by atoms with Gasteiger partial charge in [0.05, 0.1) is 17.3 Å². The van der Waals surface area contributed by atoms with Crippen LogP contribution >= 0.6 is 0 Å². The summed E-state index contributed by atoms with van der Waals surface area (Å²) >= 11 is 0. The smallest absolute Gasteiger partial charge is 0.0992 e. The Morgan fingerprint density at radius 1 is 1.50 bits per heavy atom. The first-order valence-electron chi connectivity index (χ1n) is 4.99. The third-order valence-electron chi connectivity index (χ3n) is 2.58. The quantitative estimate of drug-likeness (QED) is 0.728. The van der Waals surface area contributed by atoms with Gasteiger partial charge in [-0.2, -0.15) is 5.26 Å². The molecule has 0 unspecified atom stereocenters. The topological polar surface area (TPSA) is 48.7 Å². The first kappa shape index (κ1) is 9.17. The number of nitrogens with one attached hydrogen (secondary N) is 1. The van der Waals surface area contributed by atoms with Crippen molar-refractivity contribution in [1.82, 2.24) is 10.3 Å². The fourth-order valence-electron chi connectivity index (χ4n) is 1.81. The maximum Gasteiger partial charge on any atom is 0.0992 e. The molecule has 1 aliphatic rings. The van der Waals surface area contributed by atoms with Crippen LogP contribution in [0, 0.1) is 11.3 Å². The van der Waals surface area contributed by atoms with Crippen LogP contribution in [0.25, 0.3) is 0 Å². The third kappa shape index (κ3) is 1.91. The van der Waals surface area contributed by atoms with Crippen molar-refractivity contribution in [1.29, 1.82) is 5.26 Å². The fraction of sp³-hybridized carbons (Fsp3) is 0.455. The third-order valence-corrected chi connectivity index (χ3v) is 2.58. The van der Waals surface area contributed by atoms with Crippen LogP contribution in [-0.4, -0.2) is 11.5 Å². The van der Waals surface area contributed by atoms with E-state index >= 15 is 0 Å². The zero-order chi connectivity index (χ0) is 9.80. The van der Waals surface area contributed by atoms with Crippen molar-refractivity contribution in [3.63, 3.8) is 0 Å². The van der Waals surface area contributed by atoms with E-state index in [1.807, 2.05) is 6.07 Å². The van der Waals surface area contributed by atoms with Crippen LogP contribution in [0.3, 0.4) is 0 Å². The van der Waals surface area contributed by atoms with Gasteiger partial charge in [-0.3, -0.25) is 4.98 Å². The van der Waals surface area contributed by atoms with E-state index in [4.69, 9.17) is 5.26 Å². The van der Waals surface area contributed by atoms with Gasteiger partial charge in [-0.1, -0.05) is 6.42 Å². The molecule has 0 bridgehead atoms. The predicted molar refractivity (Wildman–Crippen MR) is 53.5 cm³/mol. The summed E-state index contributed by atoms with van der Waals surface area (Å²) in [5.41, 5.74) is 1.70. The molecule has 0 spiro atoms. The van der Waals surface area contributed by atoms with Gasteiger partial charge in [0.15, 0.2) is 0 Å². The molecule has 3 nitrogen and oxygen atoms in total. The maximum absolute atomic E-state index is 8.76. The number of hydrogen-bond acceptors (Lipinski definition) is 3. The summed E-state index contributed by atoms with van der Waals surface area (Å²) in [5, 5.41) is 12.2. The summed E-state index contributed by atoms with van der Waals surface area (Å²) in [4.78, 5) is 4.30. The summed E-state index contributed by atoms with van der Waals surface area (Å²) in [7, 11) is 0. The van der Waals surface area contributed by atoms with Crippen molar-refractivity contribution in [3.05, 3.63) is 29.6 Å². The molecule has 72 valence electrons. The minimum absolute atomic E-state index is 0.344. The predicted octanol–water partition coefficient (Wildman–Crippen LogP) is 1.77. The summed E-state index contributed by atoms with van der Waals surface area (Å²) in [6.07, 6.45) is 5.33. The van der Waals surface area contributed by atoms with Crippen LogP contribution in [0.5, 0.6) is 0 Å². The Hall–Kier alpha value is -1.40. The second kappa shape index (κ2) is 4.21. The lowest BCUT2D eigenvalue weighted by molar-refractivity contribution is 0.405. The van der Waals surface area contributed by atoms with Crippen LogP contribution in [0.15, 0.2) is 18.3 Å². The molecule has 0 aliphatic carbocycles. The molecule has 1 aliphatic heterocycles. The molecule has 0 amide bonds. The molecule has 14 heavy (non-hydrogen) atoms. The van der Waals surface area contributed by atoms with E-state index in [2.05, 4.69) is 16.4 Å². The standard InChI is InChI=1S/C11H13N3/c12-8-9-4-6-14-11(7-9)10-3-1-2-5-13-10/h4,6-7,10,13H,1-3,5H2/t10-/m0/s1. The molecule has 3 heteroatoms. The highest BCUT2D eigenvalue weighted by atomic mass is 14.9. The van der Waals surface area contributed by atoms with Gasteiger partial charge < -0.3 is 5.32 Å². The van der Waals surface area contributed by atoms with Crippen molar-refractivity contribution >= 4 is 0 Å². The van der Waals surface area contributed by atoms with E-state index < -0.39 is 0 Å². The largest absolute Gasteiger partial charge is 0.309 e. The number of piperidine rings is 1. The van der Waals surface area contributed by atoms with E-state index in [9.17, 15) is 0 Å². The molecular formula is C11H13N3. The Morgan fingerprint density at radius 2 is 2.43 bits per heavy atom. The fourth-order valence-corrected chi connectivity index (χ4v) is 1.81. The van der Waals surface area contributed by atoms with Crippen molar-refractivity contribution < 1.29 is 0 Å². The summed E-state index contributed by atoms with van der Waals surface area (Å²) in [6.45, 7) is 1.06. The number of aromatic nitrogens is 1. The van der Waals surface area contributed by atoms with Crippen LogP contribution in [0.1, 0.15) is 36.6 Å². The van der Waals surface area contributed by atoms with Gasteiger partial charge in [0, 0.05) is 12.2 Å². The van der Waals surface area contributed by atoms with E-state index in [0.29, 0.717) is 11.6 Å². The van der Waals surface area contributed by atoms with E-state index in [0.717, 1.165) is 18.7 Å². The highest BCUT2D eigenvalue weighted by Crippen LogP contribution is 2.21. The van der Waals surface area contributed by atoms with Crippen molar-refractivity contribution in [3.8, 4) is 6.07 Å². The lowest BCUT2D eigenvalue weighted by Gasteiger charge is -2.22. The molecule has 1 fully saturated rings. The first-order valence-corrected chi connectivity index (χ1v) is 4.99. The SMILES string of the molecule is N#Cc1ccnc([C@@H]2CCCCN2)c1. The number of hydrogen-bond donors (Lipinski definition) is 1. The van der Waals surface area contributed by atoms with Gasteiger partial charge in [-0.25, -0.2) is 0 Å². The highest BCUT2D eigenvalue weighted by molar-refractivity contribution is 5.29. The second-order valence-corrected chi connectivity index (χ2v) is 3.58. The minimum atomic E-state index is 0.344. The Morgan fingerprint density at radius 3 is 3.14 bits per heavy atom. The van der Waals surface area contributed by atoms with Crippen LogP contribution < -0.4 is 5.32 Å². The zero-order valence-electron chi connectivity index (χ0n) is 8.03. The monoisotopic (exact) mass is 187 g/mol. The average Bonchev–Trinajstić information content (AvgIpc) is 2.30. The molecule has 2 heterocycles. The van der Waals surface area contributed by atoms with Crippen LogP contribution in [0.4, 0.5) is 0 Å². The molecule has 1 saturated heterocycles. The molecule has 1 N–H and O–H groups in total. The van der Waals surface area contributed by atoms with Crippen molar-refractivity contribution in [2.24, 2.45) is 0 Å². The summed E-state index contributed by atoms with van der Waals surface area (Å²) in [5.74, 6) is 0. The van der Waals surface area contributed by atoms with Crippen molar-refractivity contribution in [2.75, 3.05) is 6.54 Å². The van der Waals surface area contributed by atoms with Crippen LogP contribution in [-0.2, 0) is 0 Å². The van der Waals surface area contributed by atoms with Gasteiger partial charge >= 0.3 is 0 Å². The molecule has 0 aromatic carbocycles. The summed E-state index contributed by atoms with van der Waals surface area (Å²) < 4.78 is 0. The van der Waals surface area contributed by atoms with Gasteiger partial charge in [0.25, 0.3) is 0 Å². The lowest BCUT2D eigenvalue weighted by Crippen LogP contribution is -2.27. The Bertz CT molecular complexity index is 348. The van der Waals surface area contributed by atoms with Gasteiger partial charge in [-0.05, 0) is 31.5 Å². The minimum Gasteiger partial charge on any atom is -0.309 e.